The minimum Gasteiger partial charge on any atom is -0.367 e. The van der Waals surface area contributed by atoms with Crippen LogP contribution in [0.25, 0.3) is 0 Å². The molecule has 2 nitrogen and oxygen atoms in total. The van der Waals surface area contributed by atoms with E-state index in [4.69, 9.17) is 0 Å². The zero-order valence-corrected chi connectivity index (χ0v) is 8.79. The summed E-state index contributed by atoms with van der Waals surface area (Å²) in [6, 6.07) is 2.15. The highest BCUT2D eigenvalue weighted by Crippen LogP contribution is 2.15. The van der Waals surface area contributed by atoms with Gasteiger partial charge in [0.05, 0.1) is 0 Å². The van der Waals surface area contributed by atoms with Crippen LogP contribution >= 0.6 is 0 Å². The summed E-state index contributed by atoms with van der Waals surface area (Å²) >= 11 is 0. The molecule has 1 aromatic rings. The molecule has 0 spiro atoms. The number of hydrogen-bond acceptors (Lipinski definition) is 1. The van der Waals surface area contributed by atoms with Gasteiger partial charge < -0.3 is 4.98 Å². The average Bonchev–Trinajstić information content (AvgIpc) is 2.72. The third-order valence-corrected chi connectivity index (χ3v) is 2.91. The van der Waals surface area contributed by atoms with Crippen LogP contribution < -0.4 is 0 Å². The van der Waals surface area contributed by atoms with Gasteiger partial charge in [-0.2, -0.15) is 0 Å². The largest absolute Gasteiger partial charge is 0.367 e. The molecule has 0 radical (unpaired) electrons. The summed E-state index contributed by atoms with van der Waals surface area (Å²) in [6.07, 6.45) is 8.93. The van der Waals surface area contributed by atoms with E-state index in [1.165, 1.54) is 24.9 Å². The second-order valence-electron chi connectivity index (χ2n) is 3.92. The molecule has 0 fully saturated rings. The maximum atomic E-state index is 3.10. The van der Waals surface area contributed by atoms with Crippen molar-refractivity contribution in [3.8, 4) is 0 Å². The molecular weight excluding hydrogens is 172 g/mol. The van der Waals surface area contributed by atoms with Gasteiger partial charge in [-0.25, -0.2) is 0 Å². The maximum absolute atomic E-state index is 3.10. The van der Waals surface area contributed by atoms with E-state index in [0.29, 0.717) is 0 Å². The maximum Gasteiger partial charge on any atom is 0.0252 e. The third kappa shape index (κ3) is 2.26. The predicted molar refractivity (Wildman–Crippen MR) is 59.1 cm³/mol. The van der Waals surface area contributed by atoms with E-state index in [1.807, 2.05) is 6.20 Å². The highest BCUT2D eigenvalue weighted by Gasteiger charge is 2.10. The number of aromatic amines is 1. The van der Waals surface area contributed by atoms with Crippen molar-refractivity contribution >= 4 is 0 Å². The van der Waals surface area contributed by atoms with E-state index in [9.17, 15) is 0 Å². The van der Waals surface area contributed by atoms with Crippen molar-refractivity contribution in [2.24, 2.45) is 0 Å². The van der Waals surface area contributed by atoms with Crippen LogP contribution in [0.2, 0.25) is 0 Å². The second-order valence-corrected chi connectivity index (χ2v) is 3.92. The molecule has 2 heterocycles. The number of hydrogen-bond donors (Lipinski definition) is 1. The molecular formula is C12H18N2. The van der Waals surface area contributed by atoms with Gasteiger partial charge in [0.25, 0.3) is 0 Å². The van der Waals surface area contributed by atoms with Crippen LogP contribution in [0.15, 0.2) is 30.1 Å². The van der Waals surface area contributed by atoms with Crippen LogP contribution in [0.1, 0.15) is 25.3 Å². The average molecular weight is 190 g/mol. The number of H-pyrrole nitrogens is 1. The summed E-state index contributed by atoms with van der Waals surface area (Å²) < 4.78 is 0. The van der Waals surface area contributed by atoms with Gasteiger partial charge in [-0.05, 0) is 24.5 Å². The van der Waals surface area contributed by atoms with E-state index in [-0.39, 0.29) is 0 Å². The van der Waals surface area contributed by atoms with E-state index >= 15 is 0 Å². The van der Waals surface area contributed by atoms with E-state index < -0.39 is 0 Å². The fourth-order valence-corrected chi connectivity index (χ4v) is 1.93. The van der Waals surface area contributed by atoms with Crippen LogP contribution in [0, 0.1) is 0 Å². The first-order valence-corrected chi connectivity index (χ1v) is 5.40. The molecule has 1 aliphatic rings. The highest BCUT2D eigenvalue weighted by molar-refractivity contribution is 5.11. The number of nitrogens with one attached hydrogen (secondary N) is 1. The van der Waals surface area contributed by atoms with Gasteiger partial charge in [-0.15, -0.1) is 0 Å². The normalized spacial score (nSPS) is 18.2. The Balaban J connectivity index is 1.87. The molecule has 0 bridgehead atoms. The lowest BCUT2D eigenvalue weighted by atomic mass is 10.1. The van der Waals surface area contributed by atoms with Crippen molar-refractivity contribution in [1.82, 2.24) is 9.88 Å². The standard InChI is InChI=1S/C12H18N2/c1-2-11-4-7-14(8-5-11)10-12-3-6-13-9-12/h3-4,6,9,13H,2,5,7-8,10H2,1H3. The summed E-state index contributed by atoms with van der Waals surface area (Å²) in [6.45, 7) is 5.66. The van der Waals surface area contributed by atoms with Crippen LogP contribution in [0.5, 0.6) is 0 Å². The Bertz CT molecular complexity index is 298. The molecule has 76 valence electrons. The fourth-order valence-electron chi connectivity index (χ4n) is 1.93. The van der Waals surface area contributed by atoms with Gasteiger partial charge in [-0.1, -0.05) is 18.6 Å². The molecule has 14 heavy (non-hydrogen) atoms. The first-order valence-electron chi connectivity index (χ1n) is 5.40. The van der Waals surface area contributed by atoms with E-state index in [1.54, 1.807) is 5.57 Å². The Morgan fingerprint density at radius 3 is 3.00 bits per heavy atom. The van der Waals surface area contributed by atoms with Crippen molar-refractivity contribution in [1.29, 1.82) is 0 Å². The zero-order chi connectivity index (χ0) is 9.80. The molecule has 1 aliphatic heterocycles. The zero-order valence-electron chi connectivity index (χ0n) is 8.79. The topological polar surface area (TPSA) is 19.0 Å². The van der Waals surface area contributed by atoms with Crippen molar-refractivity contribution in [2.45, 2.75) is 26.3 Å². The number of nitrogens with zero attached hydrogens (tertiary/aromatic N) is 1. The molecule has 0 atom stereocenters. The van der Waals surface area contributed by atoms with E-state index in [0.717, 1.165) is 13.1 Å². The molecule has 2 heteroatoms. The third-order valence-electron chi connectivity index (χ3n) is 2.91. The number of rotatable bonds is 3. The summed E-state index contributed by atoms with van der Waals surface area (Å²) in [4.78, 5) is 5.59. The Kier molecular flexibility index (Phi) is 3.04. The monoisotopic (exact) mass is 190 g/mol. The second kappa shape index (κ2) is 4.47. The molecule has 0 aliphatic carbocycles. The Hall–Kier alpha value is -1.02. The Labute approximate surface area is 85.6 Å². The summed E-state index contributed by atoms with van der Waals surface area (Å²) in [5.41, 5.74) is 3.01. The van der Waals surface area contributed by atoms with E-state index in [2.05, 4.69) is 35.1 Å². The van der Waals surface area contributed by atoms with Gasteiger partial charge in [0.1, 0.15) is 0 Å². The smallest absolute Gasteiger partial charge is 0.0252 e. The SMILES string of the molecule is CCC1=CCN(Cc2cc[nH]c2)CC1. The first-order chi connectivity index (χ1) is 6.88. The van der Waals surface area contributed by atoms with Crippen LogP contribution in [0.4, 0.5) is 0 Å². The predicted octanol–water partition coefficient (Wildman–Crippen LogP) is 2.56. The lowest BCUT2D eigenvalue weighted by Gasteiger charge is -2.25. The van der Waals surface area contributed by atoms with Gasteiger partial charge in [-0.3, -0.25) is 4.90 Å². The van der Waals surface area contributed by atoms with Crippen molar-refractivity contribution in [3.05, 3.63) is 35.7 Å². The highest BCUT2D eigenvalue weighted by atomic mass is 15.1. The quantitative estimate of drug-likeness (QED) is 0.726. The fraction of sp³-hybridized carbons (Fsp3) is 0.500. The molecule has 2 rings (SSSR count). The van der Waals surface area contributed by atoms with Gasteiger partial charge in [0.2, 0.25) is 0 Å². The van der Waals surface area contributed by atoms with Gasteiger partial charge >= 0.3 is 0 Å². The molecule has 0 aromatic carbocycles. The van der Waals surface area contributed by atoms with Crippen LogP contribution in [0.3, 0.4) is 0 Å². The first kappa shape index (κ1) is 9.53. The van der Waals surface area contributed by atoms with Crippen LogP contribution in [-0.2, 0) is 6.54 Å². The molecule has 0 unspecified atom stereocenters. The van der Waals surface area contributed by atoms with Crippen LogP contribution in [-0.4, -0.2) is 23.0 Å². The molecule has 0 saturated carbocycles. The molecule has 1 aromatic heterocycles. The number of aromatic nitrogens is 1. The lowest BCUT2D eigenvalue weighted by Crippen LogP contribution is -2.28. The van der Waals surface area contributed by atoms with Crippen molar-refractivity contribution < 1.29 is 0 Å². The molecule has 1 N–H and O–H groups in total. The summed E-state index contributed by atoms with van der Waals surface area (Å²) in [5, 5.41) is 0. The van der Waals surface area contributed by atoms with Gasteiger partial charge in [0, 0.05) is 32.0 Å². The van der Waals surface area contributed by atoms with Crippen molar-refractivity contribution in [3.63, 3.8) is 0 Å². The van der Waals surface area contributed by atoms with Gasteiger partial charge in [0.15, 0.2) is 0 Å². The van der Waals surface area contributed by atoms with Crippen molar-refractivity contribution in [2.75, 3.05) is 13.1 Å². The minimum absolute atomic E-state index is 1.08. The lowest BCUT2D eigenvalue weighted by molar-refractivity contribution is 0.284. The Morgan fingerprint density at radius 2 is 2.43 bits per heavy atom. The minimum atomic E-state index is 1.08. The molecule has 0 saturated heterocycles. The summed E-state index contributed by atoms with van der Waals surface area (Å²) in [5.74, 6) is 0. The molecule has 0 amide bonds. The Morgan fingerprint density at radius 1 is 1.50 bits per heavy atom. The summed E-state index contributed by atoms with van der Waals surface area (Å²) in [7, 11) is 0.